The first-order chi connectivity index (χ1) is 12.0. The molecule has 3 rings (SSSR count). The van der Waals surface area contributed by atoms with Crippen LogP contribution < -0.4 is 14.2 Å². The van der Waals surface area contributed by atoms with Crippen molar-refractivity contribution < 1.29 is 24.1 Å². The number of aromatic hydroxyl groups is 1. The van der Waals surface area contributed by atoms with Crippen LogP contribution in [0.2, 0.25) is 0 Å². The average Bonchev–Trinajstić information content (AvgIpc) is 2.62. The van der Waals surface area contributed by atoms with Crippen molar-refractivity contribution in [2.75, 3.05) is 20.8 Å². The van der Waals surface area contributed by atoms with Gasteiger partial charge in [0.15, 0.2) is 5.78 Å². The predicted octanol–water partition coefficient (Wildman–Crippen LogP) is 3.46. The highest BCUT2D eigenvalue weighted by molar-refractivity contribution is 6.05. The largest absolute Gasteiger partial charge is 0.507 e. The first kappa shape index (κ1) is 17.1. The van der Waals surface area contributed by atoms with Gasteiger partial charge in [0.05, 0.1) is 26.7 Å². The van der Waals surface area contributed by atoms with Crippen LogP contribution in [0.25, 0.3) is 0 Å². The number of ketones is 1. The summed E-state index contributed by atoms with van der Waals surface area (Å²) >= 11 is 0. The summed E-state index contributed by atoms with van der Waals surface area (Å²) in [5.74, 6) is 1.27. The molecule has 25 heavy (non-hydrogen) atoms. The fourth-order valence-electron chi connectivity index (χ4n) is 3.35. The highest BCUT2D eigenvalue weighted by Crippen LogP contribution is 2.45. The zero-order valence-corrected chi connectivity index (χ0v) is 14.9. The number of phenols is 1. The summed E-state index contributed by atoms with van der Waals surface area (Å²) in [6.07, 6.45) is 0.547. The number of Topliss-reactive ketones (excluding diaryl/α,β-unsaturated/α-hetero) is 1. The number of phenolic OH excluding ortho intramolecular Hbond substituents is 1. The number of rotatable bonds is 4. The Labute approximate surface area is 147 Å². The predicted molar refractivity (Wildman–Crippen MR) is 94.1 cm³/mol. The van der Waals surface area contributed by atoms with Crippen molar-refractivity contribution >= 4 is 5.78 Å². The van der Waals surface area contributed by atoms with E-state index in [-0.39, 0.29) is 29.6 Å². The van der Waals surface area contributed by atoms with E-state index in [1.165, 1.54) is 7.11 Å². The Balaban J connectivity index is 1.93. The molecule has 1 aliphatic rings. The second-order valence-electron chi connectivity index (χ2n) is 6.26. The first-order valence-corrected chi connectivity index (χ1v) is 8.18. The average molecular weight is 342 g/mol. The Morgan fingerprint density at radius 2 is 1.80 bits per heavy atom. The van der Waals surface area contributed by atoms with E-state index < -0.39 is 0 Å². The molecule has 2 aromatic rings. The maximum Gasteiger partial charge on any atom is 0.177 e. The number of methoxy groups -OCH3 is 2. The molecule has 0 aromatic heterocycles. The molecule has 0 saturated heterocycles. The van der Waals surface area contributed by atoms with Crippen molar-refractivity contribution in [3.8, 4) is 23.0 Å². The minimum Gasteiger partial charge on any atom is -0.507 e. The molecule has 0 spiro atoms. The van der Waals surface area contributed by atoms with Crippen LogP contribution in [0, 0.1) is 19.8 Å². The third-order valence-corrected chi connectivity index (χ3v) is 4.73. The van der Waals surface area contributed by atoms with E-state index >= 15 is 0 Å². The molecule has 5 heteroatoms. The molecule has 0 unspecified atom stereocenters. The smallest absolute Gasteiger partial charge is 0.177 e. The number of benzene rings is 2. The second-order valence-corrected chi connectivity index (χ2v) is 6.26. The van der Waals surface area contributed by atoms with Crippen LogP contribution in [-0.2, 0) is 6.42 Å². The Morgan fingerprint density at radius 1 is 1.12 bits per heavy atom. The number of hydrogen-bond donors (Lipinski definition) is 1. The van der Waals surface area contributed by atoms with Gasteiger partial charge in [-0.1, -0.05) is 12.1 Å². The van der Waals surface area contributed by atoms with E-state index in [4.69, 9.17) is 14.2 Å². The molecular formula is C20H22O5. The van der Waals surface area contributed by atoms with Crippen molar-refractivity contribution in [2.24, 2.45) is 5.92 Å². The van der Waals surface area contributed by atoms with Gasteiger partial charge in [0.2, 0.25) is 0 Å². The van der Waals surface area contributed by atoms with E-state index in [2.05, 4.69) is 0 Å². The SMILES string of the molecule is COc1ccc(C[C@@H]2COc3c(C)c(OC)c(C)c(O)c3C2=O)cc1. The van der Waals surface area contributed by atoms with Gasteiger partial charge in [0, 0.05) is 11.1 Å². The van der Waals surface area contributed by atoms with Gasteiger partial charge >= 0.3 is 0 Å². The summed E-state index contributed by atoms with van der Waals surface area (Å²) in [5, 5.41) is 10.5. The molecular weight excluding hydrogens is 320 g/mol. The Hall–Kier alpha value is -2.69. The molecule has 2 aromatic carbocycles. The highest BCUT2D eigenvalue weighted by atomic mass is 16.5. The monoisotopic (exact) mass is 342 g/mol. The van der Waals surface area contributed by atoms with Gasteiger partial charge in [0.1, 0.15) is 28.6 Å². The molecule has 5 nitrogen and oxygen atoms in total. The van der Waals surface area contributed by atoms with Gasteiger partial charge in [-0.25, -0.2) is 0 Å². The van der Waals surface area contributed by atoms with Crippen molar-refractivity contribution in [3.63, 3.8) is 0 Å². The van der Waals surface area contributed by atoms with Gasteiger partial charge < -0.3 is 19.3 Å². The van der Waals surface area contributed by atoms with Crippen LogP contribution in [0.1, 0.15) is 27.0 Å². The van der Waals surface area contributed by atoms with E-state index in [1.807, 2.05) is 31.2 Å². The molecule has 0 amide bonds. The number of hydrogen-bond acceptors (Lipinski definition) is 5. The minimum absolute atomic E-state index is 0.0538. The third kappa shape index (κ3) is 2.90. The molecule has 1 N–H and O–H groups in total. The van der Waals surface area contributed by atoms with Gasteiger partial charge in [-0.05, 0) is 38.0 Å². The molecule has 132 valence electrons. The number of carbonyl (C=O) groups is 1. The number of carbonyl (C=O) groups excluding carboxylic acids is 1. The quantitative estimate of drug-likeness (QED) is 0.922. The fraction of sp³-hybridized carbons (Fsp3) is 0.350. The lowest BCUT2D eigenvalue weighted by Gasteiger charge is -2.28. The van der Waals surface area contributed by atoms with Crippen LogP contribution in [0.4, 0.5) is 0 Å². The Morgan fingerprint density at radius 3 is 2.40 bits per heavy atom. The van der Waals surface area contributed by atoms with Crippen LogP contribution in [0.15, 0.2) is 24.3 Å². The maximum absolute atomic E-state index is 13.0. The second kappa shape index (κ2) is 6.67. The van der Waals surface area contributed by atoms with E-state index in [0.717, 1.165) is 16.9 Å². The molecule has 1 atom stereocenters. The van der Waals surface area contributed by atoms with Gasteiger partial charge in [-0.2, -0.15) is 0 Å². The molecule has 1 heterocycles. The Kier molecular flexibility index (Phi) is 4.57. The lowest BCUT2D eigenvalue weighted by Crippen LogP contribution is -2.30. The number of fused-ring (bicyclic) bond motifs is 1. The lowest BCUT2D eigenvalue weighted by molar-refractivity contribution is 0.0824. The van der Waals surface area contributed by atoms with Gasteiger partial charge in [-0.15, -0.1) is 0 Å². The standard InChI is InChI=1S/C20H22O5/c1-11-17(21)16-18(22)14(9-13-5-7-15(23-3)8-6-13)10-25-20(16)12(2)19(11)24-4/h5-8,14,21H,9-10H2,1-4H3/t14-/m1/s1. The molecule has 0 aliphatic carbocycles. The van der Waals surface area contributed by atoms with Crippen LogP contribution >= 0.6 is 0 Å². The number of ether oxygens (including phenoxy) is 3. The maximum atomic E-state index is 13.0. The summed E-state index contributed by atoms with van der Waals surface area (Å²) in [5.41, 5.74) is 2.58. The third-order valence-electron chi connectivity index (χ3n) is 4.73. The highest BCUT2D eigenvalue weighted by Gasteiger charge is 2.35. The summed E-state index contributed by atoms with van der Waals surface area (Å²) < 4.78 is 16.3. The van der Waals surface area contributed by atoms with Gasteiger partial charge in [0.25, 0.3) is 0 Å². The van der Waals surface area contributed by atoms with Crippen molar-refractivity contribution in [1.29, 1.82) is 0 Å². The molecule has 0 saturated carbocycles. The van der Waals surface area contributed by atoms with Gasteiger partial charge in [-0.3, -0.25) is 4.79 Å². The van der Waals surface area contributed by atoms with Crippen LogP contribution in [0.3, 0.4) is 0 Å². The molecule has 0 radical (unpaired) electrons. The molecule has 0 fully saturated rings. The molecule has 0 bridgehead atoms. The Bertz CT molecular complexity index is 808. The van der Waals surface area contributed by atoms with E-state index in [9.17, 15) is 9.90 Å². The molecule has 1 aliphatic heterocycles. The van der Waals surface area contributed by atoms with E-state index in [1.54, 1.807) is 14.0 Å². The van der Waals surface area contributed by atoms with Crippen molar-refractivity contribution in [3.05, 3.63) is 46.5 Å². The topological polar surface area (TPSA) is 65.0 Å². The lowest BCUT2D eigenvalue weighted by atomic mass is 9.87. The first-order valence-electron chi connectivity index (χ1n) is 8.18. The minimum atomic E-state index is -0.334. The zero-order chi connectivity index (χ0) is 18.1. The normalized spacial score (nSPS) is 16.2. The zero-order valence-electron chi connectivity index (χ0n) is 14.9. The van der Waals surface area contributed by atoms with Crippen LogP contribution in [-0.4, -0.2) is 31.7 Å². The fourth-order valence-corrected chi connectivity index (χ4v) is 3.35. The summed E-state index contributed by atoms with van der Waals surface area (Å²) in [6, 6.07) is 7.61. The van der Waals surface area contributed by atoms with Crippen LogP contribution in [0.5, 0.6) is 23.0 Å². The van der Waals surface area contributed by atoms with Crippen molar-refractivity contribution in [2.45, 2.75) is 20.3 Å². The van der Waals surface area contributed by atoms with Crippen molar-refractivity contribution in [1.82, 2.24) is 0 Å². The summed E-state index contributed by atoms with van der Waals surface area (Å²) in [6.45, 7) is 3.85. The van der Waals surface area contributed by atoms with E-state index in [0.29, 0.717) is 23.5 Å². The summed E-state index contributed by atoms with van der Waals surface area (Å²) in [7, 11) is 3.16. The summed E-state index contributed by atoms with van der Waals surface area (Å²) in [4.78, 5) is 13.0.